The van der Waals surface area contributed by atoms with Gasteiger partial charge < -0.3 is 19.5 Å². The third kappa shape index (κ3) is 3.93. The van der Waals surface area contributed by atoms with Crippen LogP contribution in [0, 0.1) is 13.8 Å². The largest absolute Gasteiger partial charge is 0.507 e. The Morgan fingerprint density at radius 3 is 2.60 bits per heavy atom. The molecule has 0 saturated carbocycles. The van der Waals surface area contributed by atoms with E-state index in [0.29, 0.717) is 36.4 Å². The van der Waals surface area contributed by atoms with Crippen LogP contribution >= 0.6 is 0 Å². The first-order chi connectivity index (χ1) is 14.4. The molecule has 1 amide bonds. The van der Waals surface area contributed by atoms with Crippen LogP contribution in [0.3, 0.4) is 0 Å². The molecule has 7 heteroatoms. The molecule has 1 aliphatic heterocycles. The Balaban J connectivity index is 2.16. The minimum atomic E-state index is -0.711. The summed E-state index contributed by atoms with van der Waals surface area (Å²) in [6.45, 7) is 4.47. The quantitative estimate of drug-likeness (QED) is 0.326. The molecule has 0 aliphatic carbocycles. The Kier molecular flexibility index (Phi) is 6.52. The first-order valence-corrected chi connectivity index (χ1v) is 9.73. The summed E-state index contributed by atoms with van der Waals surface area (Å²) in [4.78, 5) is 31.4. The van der Waals surface area contributed by atoms with E-state index in [9.17, 15) is 14.7 Å². The van der Waals surface area contributed by atoms with Crippen LogP contribution in [0.4, 0.5) is 0 Å². The zero-order chi connectivity index (χ0) is 21.8. The van der Waals surface area contributed by atoms with E-state index in [1.165, 1.54) is 4.90 Å². The number of likely N-dealkylation sites (tertiary alicyclic amines) is 1. The number of Topliss-reactive ketones (excluding diaryl/α,β-unsaturated/α-hetero) is 1. The van der Waals surface area contributed by atoms with Gasteiger partial charge in [0.05, 0.1) is 18.7 Å². The molecule has 1 aromatic heterocycles. The van der Waals surface area contributed by atoms with Crippen molar-refractivity contribution >= 4 is 17.4 Å². The van der Waals surface area contributed by atoms with E-state index in [2.05, 4.69) is 4.98 Å². The van der Waals surface area contributed by atoms with E-state index < -0.39 is 17.7 Å². The lowest BCUT2D eigenvalue weighted by Crippen LogP contribution is -2.31. The predicted octanol–water partition coefficient (Wildman–Crippen LogP) is 3.17. The van der Waals surface area contributed by atoms with Crippen molar-refractivity contribution < 1.29 is 24.2 Å². The number of ether oxygens (including phenoxy) is 2. The number of hydrogen-bond acceptors (Lipinski definition) is 6. The third-order valence-electron chi connectivity index (χ3n) is 5.28. The van der Waals surface area contributed by atoms with Crippen LogP contribution in [0.1, 0.15) is 34.7 Å². The maximum atomic E-state index is 13.0. The van der Waals surface area contributed by atoms with Crippen molar-refractivity contribution in [1.29, 1.82) is 0 Å². The second kappa shape index (κ2) is 9.09. The summed E-state index contributed by atoms with van der Waals surface area (Å²) in [5.41, 5.74) is 2.79. The number of aromatic nitrogens is 1. The molecule has 158 valence electrons. The monoisotopic (exact) mass is 410 g/mol. The van der Waals surface area contributed by atoms with Crippen LogP contribution in [0.5, 0.6) is 5.75 Å². The average molecular weight is 410 g/mol. The molecule has 1 unspecified atom stereocenters. The van der Waals surface area contributed by atoms with Crippen molar-refractivity contribution in [3.05, 3.63) is 64.5 Å². The number of aliphatic hydroxyl groups is 1. The number of rotatable bonds is 7. The van der Waals surface area contributed by atoms with E-state index >= 15 is 0 Å². The molecular formula is C23H26N2O5. The topological polar surface area (TPSA) is 89.0 Å². The van der Waals surface area contributed by atoms with Gasteiger partial charge >= 0.3 is 0 Å². The lowest BCUT2D eigenvalue weighted by atomic mass is 9.93. The van der Waals surface area contributed by atoms with Crippen molar-refractivity contribution in [2.24, 2.45) is 0 Å². The Morgan fingerprint density at radius 1 is 1.20 bits per heavy atom. The molecule has 0 bridgehead atoms. The minimum absolute atomic E-state index is 0.0677. The summed E-state index contributed by atoms with van der Waals surface area (Å²) in [5.74, 6) is -0.844. The molecule has 0 radical (unpaired) electrons. The van der Waals surface area contributed by atoms with Gasteiger partial charge in [0.1, 0.15) is 11.5 Å². The van der Waals surface area contributed by atoms with Crippen LogP contribution in [0.2, 0.25) is 0 Å². The molecule has 1 aliphatic rings. The van der Waals surface area contributed by atoms with Crippen molar-refractivity contribution in [2.75, 3.05) is 27.4 Å². The van der Waals surface area contributed by atoms with Crippen molar-refractivity contribution in [3.63, 3.8) is 0 Å². The molecule has 1 fully saturated rings. The van der Waals surface area contributed by atoms with Crippen molar-refractivity contribution in [2.45, 2.75) is 26.3 Å². The number of aliphatic hydroxyl groups excluding tert-OH is 1. The van der Waals surface area contributed by atoms with Gasteiger partial charge in [-0.15, -0.1) is 0 Å². The van der Waals surface area contributed by atoms with E-state index in [1.54, 1.807) is 50.9 Å². The van der Waals surface area contributed by atoms with Gasteiger partial charge in [-0.3, -0.25) is 14.6 Å². The molecule has 1 N–H and O–H groups in total. The summed E-state index contributed by atoms with van der Waals surface area (Å²) in [5, 5.41) is 11.2. The highest BCUT2D eigenvalue weighted by Crippen LogP contribution is 2.40. The number of ketones is 1. The first-order valence-electron chi connectivity index (χ1n) is 9.73. The van der Waals surface area contributed by atoms with Gasteiger partial charge in [0.2, 0.25) is 0 Å². The van der Waals surface area contributed by atoms with Crippen molar-refractivity contribution in [3.8, 4) is 5.75 Å². The number of benzene rings is 1. The number of aryl methyl sites for hydroxylation is 2. The van der Waals surface area contributed by atoms with Gasteiger partial charge in [0, 0.05) is 38.2 Å². The van der Waals surface area contributed by atoms with Crippen LogP contribution in [-0.4, -0.2) is 54.1 Å². The maximum Gasteiger partial charge on any atom is 0.295 e. The molecule has 1 atom stereocenters. The molecule has 2 aromatic rings. The average Bonchev–Trinajstić information content (AvgIpc) is 3.00. The van der Waals surface area contributed by atoms with E-state index in [0.717, 1.165) is 11.1 Å². The summed E-state index contributed by atoms with van der Waals surface area (Å²) in [6, 6.07) is 6.40. The zero-order valence-electron chi connectivity index (χ0n) is 17.6. The van der Waals surface area contributed by atoms with E-state index in [1.807, 2.05) is 13.8 Å². The number of pyridine rings is 1. The smallest absolute Gasteiger partial charge is 0.295 e. The predicted molar refractivity (Wildman–Crippen MR) is 112 cm³/mol. The Morgan fingerprint density at radius 2 is 1.97 bits per heavy atom. The molecule has 1 saturated heterocycles. The maximum absolute atomic E-state index is 13.0. The highest BCUT2D eigenvalue weighted by Gasteiger charge is 2.46. The van der Waals surface area contributed by atoms with Gasteiger partial charge in [-0.2, -0.15) is 0 Å². The lowest BCUT2D eigenvalue weighted by Gasteiger charge is -2.25. The SMILES string of the molecule is COCCCN1C(=O)C(=O)/C(=C(/O)c2cc(C)c(OC)cc2C)C1c1cccnc1. The van der Waals surface area contributed by atoms with E-state index in [-0.39, 0.29) is 11.3 Å². The summed E-state index contributed by atoms with van der Waals surface area (Å²) in [6.07, 6.45) is 3.80. The second-order valence-corrected chi connectivity index (χ2v) is 7.26. The number of methoxy groups -OCH3 is 2. The summed E-state index contributed by atoms with van der Waals surface area (Å²) in [7, 11) is 3.16. The van der Waals surface area contributed by atoms with Crippen LogP contribution in [-0.2, 0) is 14.3 Å². The highest BCUT2D eigenvalue weighted by atomic mass is 16.5. The van der Waals surface area contributed by atoms with Gasteiger partial charge in [-0.05, 0) is 55.2 Å². The normalized spacial score (nSPS) is 18.1. The highest BCUT2D eigenvalue weighted by molar-refractivity contribution is 6.46. The van der Waals surface area contributed by atoms with Crippen LogP contribution < -0.4 is 4.74 Å². The van der Waals surface area contributed by atoms with E-state index in [4.69, 9.17) is 9.47 Å². The molecule has 2 heterocycles. The molecule has 1 aromatic carbocycles. The molecular weight excluding hydrogens is 384 g/mol. The van der Waals surface area contributed by atoms with Gasteiger partial charge in [-0.1, -0.05) is 6.07 Å². The fraction of sp³-hybridized carbons (Fsp3) is 0.348. The Hall–Kier alpha value is -3.19. The molecule has 3 rings (SSSR count). The fourth-order valence-corrected chi connectivity index (χ4v) is 3.78. The summed E-state index contributed by atoms with van der Waals surface area (Å²) < 4.78 is 10.4. The Bertz CT molecular complexity index is 985. The second-order valence-electron chi connectivity index (χ2n) is 7.26. The van der Waals surface area contributed by atoms with Gasteiger partial charge in [-0.25, -0.2) is 0 Å². The number of nitrogens with zero attached hydrogens (tertiary/aromatic N) is 2. The summed E-state index contributed by atoms with van der Waals surface area (Å²) >= 11 is 0. The molecule has 0 spiro atoms. The number of amides is 1. The zero-order valence-corrected chi connectivity index (χ0v) is 17.6. The third-order valence-corrected chi connectivity index (χ3v) is 5.28. The first kappa shape index (κ1) is 21.5. The van der Waals surface area contributed by atoms with Crippen LogP contribution in [0.25, 0.3) is 5.76 Å². The lowest BCUT2D eigenvalue weighted by molar-refractivity contribution is -0.140. The standard InChI is InChI=1S/C23H26N2O5/c1-14-12-18(30-4)15(2)11-17(14)21(26)19-20(16-7-5-8-24-13-16)25(9-6-10-29-3)23(28)22(19)27/h5,7-8,11-13,20,26H,6,9-10H2,1-4H3/b21-19+. The van der Waals surface area contributed by atoms with Crippen molar-refractivity contribution in [1.82, 2.24) is 9.88 Å². The van der Waals surface area contributed by atoms with Crippen LogP contribution in [0.15, 0.2) is 42.2 Å². The molecule has 30 heavy (non-hydrogen) atoms. The molecule has 7 nitrogen and oxygen atoms in total. The number of carbonyl (C=O) groups excluding carboxylic acids is 2. The minimum Gasteiger partial charge on any atom is -0.507 e. The number of carbonyl (C=O) groups is 2. The number of hydrogen-bond donors (Lipinski definition) is 1. The van der Waals surface area contributed by atoms with Gasteiger partial charge in [0.25, 0.3) is 11.7 Å². The fourth-order valence-electron chi connectivity index (χ4n) is 3.78. The Labute approximate surface area is 175 Å². The van der Waals surface area contributed by atoms with Gasteiger partial charge in [0.15, 0.2) is 0 Å².